The normalized spacial score (nSPS) is 22.9. The lowest BCUT2D eigenvalue weighted by atomic mass is 9.97. The van der Waals surface area contributed by atoms with E-state index >= 15 is 0 Å². The zero-order valence-corrected chi connectivity index (χ0v) is 19.2. The summed E-state index contributed by atoms with van der Waals surface area (Å²) in [6.45, 7) is 6.83. The Kier molecular flexibility index (Phi) is 9.81. The molecule has 4 rings (SSSR count). The number of carbonyl (C=O) groups excluding carboxylic acids is 2. The van der Waals surface area contributed by atoms with Gasteiger partial charge in [-0.15, -0.1) is 24.8 Å². The number of hydrogen-bond acceptors (Lipinski definition) is 6. The molecule has 3 heterocycles. The van der Waals surface area contributed by atoms with Gasteiger partial charge in [0.15, 0.2) is 0 Å². The average Bonchev–Trinajstić information content (AvgIpc) is 2.73. The number of nitrogens with one attached hydrogen (secondary N) is 3. The Balaban J connectivity index is 0.00000171. The SMILES string of the molecule is Cl.Cl.O=C1CCC(Nc2ccc(F)c(N3CCN(CC4CCNCC4)CC3)c2)C(=O)N1. The van der Waals surface area contributed by atoms with Crippen LogP contribution in [0.1, 0.15) is 25.7 Å². The first-order valence-electron chi connectivity index (χ1n) is 10.7. The zero-order valence-electron chi connectivity index (χ0n) is 17.6. The number of hydrogen-bond donors (Lipinski definition) is 3. The van der Waals surface area contributed by atoms with Gasteiger partial charge in [0, 0.05) is 44.8 Å². The van der Waals surface area contributed by atoms with Crippen LogP contribution in [0.5, 0.6) is 0 Å². The third kappa shape index (κ3) is 6.68. The Labute approximate surface area is 195 Å². The number of rotatable bonds is 5. The summed E-state index contributed by atoms with van der Waals surface area (Å²) in [5.74, 6) is -0.0416. The van der Waals surface area contributed by atoms with Crippen molar-refractivity contribution >= 4 is 48.0 Å². The van der Waals surface area contributed by atoms with Crippen molar-refractivity contribution in [3.05, 3.63) is 24.0 Å². The molecule has 3 N–H and O–H groups in total. The van der Waals surface area contributed by atoms with Crippen LogP contribution in [0, 0.1) is 11.7 Å². The highest BCUT2D eigenvalue weighted by atomic mass is 35.5. The number of halogens is 3. The first kappa shape index (κ1) is 25.6. The lowest BCUT2D eigenvalue weighted by Crippen LogP contribution is -2.49. The summed E-state index contributed by atoms with van der Waals surface area (Å²) in [6.07, 6.45) is 3.25. The second-order valence-electron chi connectivity index (χ2n) is 8.30. The van der Waals surface area contributed by atoms with Gasteiger partial charge in [-0.2, -0.15) is 0 Å². The van der Waals surface area contributed by atoms with E-state index < -0.39 is 6.04 Å². The van der Waals surface area contributed by atoms with E-state index in [2.05, 4.69) is 25.8 Å². The van der Waals surface area contributed by atoms with E-state index in [1.165, 1.54) is 18.9 Å². The standard InChI is InChI=1S/C21H30FN5O2.2ClH/c22-17-2-1-16(24-18-3-4-20(28)25-21(18)29)13-19(17)27-11-9-26(10-12-27)14-15-5-7-23-8-6-15;;/h1-2,13,15,18,23-24H,3-12,14H2,(H,25,28,29);2*1H. The summed E-state index contributed by atoms with van der Waals surface area (Å²) < 4.78 is 14.5. The molecule has 0 radical (unpaired) electrons. The summed E-state index contributed by atoms with van der Waals surface area (Å²) in [6, 6.07) is 4.41. The molecule has 0 spiro atoms. The fraction of sp³-hybridized carbons (Fsp3) is 0.619. The van der Waals surface area contributed by atoms with Gasteiger partial charge in [-0.05, 0) is 56.5 Å². The van der Waals surface area contributed by atoms with E-state index in [0.29, 0.717) is 24.2 Å². The predicted octanol–water partition coefficient (Wildman–Crippen LogP) is 2.01. The number of nitrogens with zero attached hydrogens (tertiary/aromatic N) is 2. The number of anilines is 2. The molecule has 10 heteroatoms. The highest BCUT2D eigenvalue weighted by Gasteiger charge is 2.27. The van der Waals surface area contributed by atoms with Gasteiger partial charge >= 0.3 is 0 Å². The van der Waals surface area contributed by atoms with Crippen molar-refractivity contribution in [2.45, 2.75) is 31.7 Å². The molecule has 0 aliphatic carbocycles. The van der Waals surface area contributed by atoms with Crippen LogP contribution in [0.4, 0.5) is 15.8 Å². The van der Waals surface area contributed by atoms with Crippen LogP contribution < -0.4 is 20.9 Å². The Hall–Kier alpha value is -1.61. The first-order chi connectivity index (χ1) is 14.1. The molecule has 7 nitrogen and oxygen atoms in total. The molecule has 1 aromatic carbocycles. The number of carbonyl (C=O) groups is 2. The van der Waals surface area contributed by atoms with Crippen LogP contribution in [0.15, 0.2) is 18.2 Å². The quantitative estimate of drug-likeness (QED) is 0.565. The highest BCUT2D eigenvalue weighted by molar-refractivity contribution is 6.01. The molecule has 3 fully saturated rings. The van der Waals surface area contributed by atoms with Crippen molar-refractivity contribution in [1.29, 1.82) is 0 Å². The number of piperidine rings is 2. The Morgan fingerprint density at radius 2 is 1.74 bits per heavy atom. The molecule has 0 aromatic heterocycles. The van der Waals surface area contributed by atoms with Crippen molar-refractivity contribution in [3.63, 3.8) is 0 Å². The molecular formula is C21H32Cl2FN5O2. The summed E-state index contributed by atoms with van der Waals surface area (Å²) >= 11 is 0. The Morgan fingerprint density at radius 1 is 1.03 bits per heavy atom. The van der Waals surface area contributed by atoms with Gasteiger partial charge in [0.05, 0.1) is 5.69 Å². The van der Waals surface area contributed by atoms with Gasteiger partial charge in [0.2, 0.25) is 11.8 Å². The maximum atomic E-state index is 14.5. The van der Waals surface area contributed by atoms with Gasteiger partial charge in [-0.1, -0.05) is 0 Å². The van der Waals surface area contributed by atoms with E-state index in [1.54, 1.807) is 12.1 Å². The third-order valence-electron chi connectivity index (χ3n) is 6.21. The molecule has 174 valence electrons. The fourth-order valence-electron chi connectivity index (χ4n) is 4.48. The molecule has 1 aromatic rings. The van der Waals surface area contributed by atoms with Crippen molar-refractivity contribution in [2.24, 2.45) is 5.92 Å². The van der Waals surface area contributed by atoms with Crippen molar-refractivity contribution < 1.29 is 14.0 Å². The molecule has 3 aliphatic rings. The monoisotopic (exact) mass is 475 g/mol. The summed E-state index contributed by atoms with van der Waals surface area (Å²) in [4.78, 5) is 27.9. The maximum Gasteiger partial charge on any atom is 0.249 e. The van der Waals surface area contributed by atoms with Crippen molar-refractivity contribution in [3.8, 4) is 0 Å². The zero-order chi connectivity index (χ0) is 20.2. The topological polar surface area (TPSA) is 76.7 Å². The minimum Gasteiger partial charge on any atom is -0.374 e. The average molecular weight is 476 g/mol. The molecule has 0 saturated carbocycles. The Bertz CT molecular complexity index is 755. The van der Waals surface area contributed by atoms with Crippen molar-refractivity contribution in [1.82, 2.24) is 15.5 Å². The van der Waals surface area contributed by atoms with Crippen LogP contribution in [-0.2, 0) is 9.59 Å². The fourth-order valence-corrected chi connectivity index (χ4v) is 4.48. The molecule has 31 heavy (non-hydrogen) atoms. The number of imide groups is 1. The maximum absolute atomic E-state index is 14.5. The van der Waals surface area contributed by atoms with E-state index in [-0.39, 0.29) is 42.4 Å². The van der Waals surface area contributed by atoms with Gasteiger partial charge < -0.3 is 15.5 Å². The van der Waals surface area contributed by atoms with Crippen LogP contribution >= 0.6 is 24.8 Å². The minimum atomic E-state index is -0.465. The van der Waals surface area contributed by atoms with Crippen molar-refractivity contribution in [2.75, 3.05) is 56.0 Å². The second kappa shape index (κ2) is 11.9. The van der Waals surface area contributed by atoms with Gasteiger partial charge in [0.1, 0.15) is 11.9 Å². The summed E-state index contributed by atoms with van der Waals surface area (Å²) in [5.41, 5.74) is 1.27. The predicted molar refractivity (Wildman–Crippen MR) is 125 cm³/mol. The smallest absolute Gasteiger partial charge is 0.249 e. The first-order valence-corrected chi connectivity index (χ1v) is 10.7. The Morgan fingerprint density at radius 3 is 2.42 bits per heavy atom. The number of piperazine rings is 1. The highest BCUT2D eigenvalue weighted by Crippen LogP contribution is 2.26. The van der Waals surface area contributed by atoms with Crippen LogP contribution in [0.3, 0.4) is 0 Å². The van der Waals surface area contributed by atoms with Gasteiger partial charge in [0.25, 0.3) is 0 Å². The second-order valence-corrected chi connectivity index (χ2v) is 8.30. The van der Waals surface area contributed by atoms with Crippen LogP contribution in [-0.4, -0.2) is 68.6 Å². The lowest BCUT2D eigenvalue weighted by Gasteiger charge is -2.38. The van der Waals surface area contributed by atoms with Crippen LogP contribution in [0.2, 0.25) is 0 Å². The summed E-state index contributed by atoms with van der Waals surface area (Å²) in [7, 11) is 0. The molecule has 3 aliphatic heterocycles. The van der Waals surface area contributed by atoms with Gasteiger partial charge in [-0.3, -0.25) is 19.8 Å². The van der Waals surface area contributed by atoms with E-state index in [9.17, 15) is 14.0 Å². The van der Waals surface area contributed by atoms with E-state index in [1.807, 2.05) is 0 Å². The van der Waals surface area contributed by atoms with E-state index in [4.69, 9.17) is 0 Å². The molecular weight excluding hydrogens is 444 g/mol. The minimum absolute atomic E-state index is 0. The lowest BCUT2D eigenvalue weighted by molar-refractivity contribution is -0.133. The van der Waals surface area contributed by atoms with Crippen LogP contribution in [0.25, 0.3) is 0 Å². The molecule has 0 bridgehead atoms. The molecule has 2 amide bonds. The van der Waals surface area contributed by atoms with Gasteiger partial charge in [-0.25, -0.2) is 4.39 Å². The number of amides is 2. The third-order valence-corrected chi connectivity index (χ3v) is 6.21. The molecule has 1 atom stereocenters. The summed E-state index contributed by atoms with van der Waals surface area (Å²) in [5, 5.41) is 8.90. The molecule has 1 unspecified atom stereocenters. The largest absolute Gasteiger partial charge is 0.374 e. The number of benzene rings is 1. The van der Waals surface area contributed by atoms with E-state index in [0.717, 1.165) is 51.7 Å². The molecule has 3 saturated heterocycles.